The van der Waals surface area contributed by atoms with Crippen molar-refractivity contribution < 1.29 is 9.47 Å². The molecule has 1 aliphatic rings. The van der Waals surface area contributed by atoms with Crippen LogP contribution in [0, 0.1) is 0 Å². The topological polar surface area (TPSA) is 69.2 Å². The molecule has 94 valence electrons. The number of ether oxygens (including phenoxy) is 2. The zero-order chi connectivity index (χ0) is 12.2. The van der Waals surface area contributed by atoms with Crippen LogP contribution >= 0.6 is 0 Å². The summed E-state index contributed by atoms with van der Waals surface area (Å²) in [6.45, 7) is 2.93. The Hall–Kier alpha value is -1.79. The van der Waals surface area contributed by atoms with Crippen LogP contribution in [0.15, 0.2) is 24.5 Å². The SMILES string of the molecule is c1cnc2nc(OCC3CNCCO3)ccc2n1. The van der Waals surface area contributed by atoms with Crippen LogP contribution in [0.4, 0.5) is 0 Å². The van der Waals surface area contributed by atoms with Crippen molar-refractivity contribution in [1.82, 2.24) is 20.3 Å². The number of hydrogen-bond donors (Lipinski definition) is 1. The van der Waals surface area contributed by atoms with Gasteiger partial charge in [-0.25, -0.2) is 4.98 Å². The van der Waals surface area contributed by atoms with Gasteiger partial charge in [0, 0.05) is 31.5 Å². The maximum absolute atomic E-state index is 5.61. The summed E-state index contributed by atoms with van der Waals surface area (Å²) < 4.78 is 11.2. The number of aromatic nitrogens is 3. The Morgan fingerprint density at radius 2 is 2.28 bits per heavy atom. The Bertz CT molecular complexity index is 528. The zero-order valence-corrected chi connectivity index (χ0v) is 9.87. The molecule has 1 N–H and O–H groups in total. The number of nitrogens with zero attached hydrogens (tertiary/aromatic N) is 3. The fourth-order valence-corrected chi connectivity index (χ4v) is 1.82. The molecule has 1 unspecified atom stereocenters. The van der Waals surface area contributed by atoms with Crippen molar-refractivity contribution in [3.8, 4) is 5.88 Å². The van der Waals surface area contributed by atoms with Gasteiger partial charge in [-0.3, -0.25) is 4.98 Å². The second-order valence-corrected chi connectivity index (χ2v) is 4.06. The van der Waals surface area contributed by atoms with Gasteiger partial charge in [0.05, 0.1) is 6.61 Å². The van der Waals surface area contributed by atoms with Gasteiger partial charge in [-0.15, -0.1) is 0 Å². The van der Waals surface area contributed by atoms with Crippen LogP contribution in [0.2, 0.25) is 0 Å². The minimum Gasteiger partial charge on any atom is -0.475 e. The summed E-state index contributed by atoms with van der Waals surface area (Å²) in [5.74, 6) is 0.553. The summed E-state index contributed by atoms with van der Waals surface area (Å²) in [6.07, 6.45) is 3.34. The summed E-state index contributed by atoms with van der Waals surface area (Å²) in [5.41, 5.74) is 1.36. The first-order valence-electron chi connectivity index (χ1n) is 5.95. The van der Waals surface area contributed by atoms with Crippen LogP contribution < -0.4 is 10.1 Å². The van der Waals surface area contributed by atoms with Crippen LogP contribution in [-0.4, -0.2) is 47.4 Å². The van der Waals surface area contributed by atoms with E-state index in [1.807, 2.05) is 6.07 Å². The third kappa shape index (κ3) is 2.55. The van der Waals surface area contributed by atoms with E-state index in [4.69, 9.17) is 9.47 Å². The van der Waals surface area contributed by atoms with Gasteiger partial charge in [-0.05, 0) is 6.07 Å². The molecule has 6 nitrogen and oxygen atoms in total. The average molecular weight is 246 g/mol. The van der Waals surface area contributed by atoms with E-state index in [0.717, 1.165) is 25.2 Å². The molecule has 0 spiro atoms. The van der Waals surface area contributed by atoms with E-state index < -0.39 is 0 Å². The predicted molar refractivity (Wildman–Crippen MR) is 65.4 cm³/mol. The van der Waals surface area contributed by atoms with E-state index in [0.29, 0.717) is 18.1 Å². The van der Waals surface area contributed by atoms with E-state index >= 15 is 0 Å². The van der Waals surface area contributed by atoms with Crippen LogP contribution in [0.5, 0.6) is 5.88 Å². The Balaban J connectivity index is 1.66. The van der Waals surface area contributed by atoms with Crippen LogP contribution in [0.25, 0.3) is 11.2 Å². The maximum Gasteiger partial charge on any atom is 0.215 e. The molecule has 1 atom stereocenters. The third-order valence-electron chi connectivity index (χ3n) is 2.73. The second kappa shape index (κ2) is 5.24. The number of morpholine rings is 1. The molecule has 2 aromatic rings. The summed E-state index contributed by atoms with van der Waals surface area (Å²) >= 11 is 0. The fourth-order valence-electron chi connectivity index (χ4n) is 1.82. The van der Waals surface area contributed by atoms with E-state index in [2.05, 4.69) is 20.3 Å². The lowest BCUT2D eigenvalue weighted by Gasteiger charge is -2.23. The highest BCUT2D eigenvalue weighted by Crippen LogP contribution is 2.12. The molecule has 3 rings (SSSR count). The number of pyridine rings is 1. The first-order valence-corrected chi connectivity index (χ1v) is 5.95. The Morgan fingerprint density at radius 1 is 1.33 bits per heavy atom. The van der Waals surface area contributed by atoms with E-state index in [-0.39, 0.29) is 6.10 Å². The van der Waals surface area contributed by atoms with Crippen molar-refractivity contribution in [2.24, 2.45) is 0 Å². The lowest BCUT2D eigenvalue weighted by atomic mass is 10.3. The van der Waals surface area contributed by atoms with Crippen molar-refractivity contribution in [3.05, 3.63) is 24.5 Å². The molecule has 1 aliphatic heterocycles. The summed E-state index contributed by atoms with van der Waals surface area (Å²) in [7, 11) is 0. The van der Waals surface area contributed by atoms with E-state index in [1.165, 1.54) is 0 Å². The van der Waals surface area contributed by atoms with E-state index in [1.54, 1.807) is 18.5 Å². The standard InChI is InChI=1S/C12H14N4O2/c1-2-11(16-12-10(1)14-3-4-15-12)18-8-9-7-13-5-6-17-9/h1-4,9,13H,5-8H2. The Kier molecular flexibility index (Phi) is 3.29. The van der Waals surface area contributed by atoms with Gasteiger partial charge < -0.3 is 14.8 Å². The fraction of sp³-hybridized carbons (Fsp3) is 0.417. The molecular formula is C12H14N4O2. The summed E-state index contributed by atoms with van der Waals surface area (Å²) in [4.78, 5) is 12.6. The molecule has 0 saturated carbocycles. The van der Waals surface area contributed by atoms with Gasteiger partial charge in [0.2, 0.25) is 5.88 Å². The molecule has 18 heavy (non-hydrogen) atoms. The first kappa shape index (κ1) is 11.3. The molecule has 0 aromatic carbocycles. The summed E-state index contributed by atoms with van der Waals surface area (Å²) in [6, 6.07) is 3.65. The summed E-state index contributed by atoms with van der Waals surface area (Å²) in [5, 5.41) is 3.25. The molecule has 1 fully saturated rings. The molecule has 1 saturated heterocycles. The molecule has 0 aliphatic carbocycles. The van der Waals surface area contributed by atoms with Crippen LogP contribution in [0.1, 0.15) is 0 Å². The van der Waals surface area contributed by atoms with E-state index in [9.17, 15) is 0 Å². The van der Waals surface area contributed by atoms with Gasteiger partial charge >= 0.3 is 0 Å². The Labute approximate surface area is 104 Å². The Morgan fingerprint density at radius 3 is 3.17 bits per heavy atom. The molecule has 0 radical (unpaired) electrons. The number of rotatable bonds is 3. The quantitative estimate of drug-likeness (QED) is 0.845. The van der Waals surface area contributed by atoms with Gasteiger partial charge in [0.1, 0.15) is 18.2 Å². The molecule has 0 bridgehead atoms. The van der Waals surface area contributed by atoms with Crippen molar-refractivity contribution in [1.29, 1.82) is 0 Å². The minimum absolute atomic E-state index is 0.0816. The molecule has 2 aromatic heterocycles. The largest absolute Gasteiger partial charge is 0.475 e. The van der Waals surface area contributed by atoms with Crippen molar-refractivity contribution in [3.63, 3.8) is 0 Å². The lowest BCUT2D eigenvalue weighted by molar-refractivity contribution is -0.000680. The van der Waals surface area contributed by atoms with Gasteiger partial charge in [-0.1, -0.05) is 0 Å². The second-order valence-electron chi connectivity index (χ2n) is 4.06. The number of nitrogens with one attached hydrogen (secondary N) is 1. The molecule has 6 heteroatoms. The molecule has 3 heterocycles. The van der Waals surface area contributed by atoms with Crippen LogP contribution in [0.3, 0.4) is 0 Å². The monoisotopic (exact) mass is 246 g/mol. The highest BCUT2D eigenvalue weighted by Gasteiger charge is 2.14. The normalized spacial score (nSPS) is 19.9. The molecule has 0 amide bonds. The van der Waals surface area contributed by atoms with Crippen molar-refractivity contribution >= 4 is 11.2 Å². The smallest absolute Gasteiger partial charge is 0.215 e. The van der Waals surface area contributed by atoms with Gasteiger partial charge in [-0.2, -0.15) is 4.98 Å². The van der Waals surface area contributed by atoms with Gasteiger partial charge in [0.25, 0.3) is 0 Å². The van der Waals surface area contributed by atoms with Gasteiger partial charge in [0.15, 0.2) is 5.65 Å². The lowest BCUT2D eigenvalue weighted by Crippen LogP contribution is -2.41. The number of fused-ring (bicyclic) bond motifs is 1. The first-order chi connectivity index (χ1) is 8.92. The maximum atomic E-state index is 5.61. The van der Waals surface area contributed by atoms with Crippen molar-refractivity contribution in [2.75, 3.05) is 26.3 Å². The zero-order valence-electron chi connectivity index (χ0n) is 9.87. The average Bonchev–Trinajstić information content (AvgIpc) is 2.46. The number of hydrogen-bond acceptors (Lipinski definition) is 6. The predicted octanol–water partition coefficient (Wildman–Crippen LogP) is 0.392. The molecular weight excluding hydrogens is 232 g/mol. The highest BCUT2D eigenvalue weighted by molar-refractivity contribution is 5.69. The third-order valence-corrected chi connectivity index (χ3v) is 2.73. The highest BCUT2D eigenvalue weighted by atomic mass is 16.5. The van der Waals surface area contributed by atoms with Crippen molar-refractivity contribution in [2.45, 2.75) is 6.10 Å². The van der Waals surface area contributed by atoms with Crippen LogP contribution in [-0.2, 0) is 4.74 Å². The minimum atomic E-state index is 0.0816.